The zero-order valence-electron chi connectivity index (χ0n) is 9.62. The first kappa shape index (κ1) is 10.7. The highest BCUT2D eigenvalue weighted by atomic mass is 16.5. The van der Waals surface area contributed by atoms with E-state index in [0.717, 1.165) is 12.3 Å². The molecule has 3 heteroatoms. The Morgan fingerprint density at radius 3 is 2.80 bits per heavy atom. The second kappa shape index (κ2) is 4.35. The molecular formula is C12H20N2O. The molecule has 15 heavy (non-hydrogen) atoms. The SMILES string of the molecule is CC1(C)CCC(NCc2ccno2)CC1. The quantitative estimate of drug-likeness (QED) is 0.830. The maximum atomic E-state index is 5.05. The van der Waals surface area contributed by atoms with Gasteiger partial charge in [0.1, 0.15) is 5.76 Å². The van der Waals surface area contributed by atoms with Gasteiger partial charge in [-0.25, -0.2) is 0 Å². The Bertz CT molecular complexity index is 283. The molecule has 0 aliphatic heterocycles. The van der Waals surface area contributed by atoms with E-state index < -0.39 is 0 Å². The highest BCUT2D eigenvalue weighted by Gasteiger charge is 2.26. The van der Waals surface area contributed by atoms with E-state index in [1.54, 1.807) is 6.20 Å². The third-order valence-electron chi connectivity index (χ3n) is 3.40. The molecule has 0 saturated heterocycles. The molecule has 1 N–H and O–H groups in total. The van der Waals surface area contributed by atoms with E-state index in [1.165, 1.54) is 25.7 Å². The van der Waals surface area contributed by atoms with Gasteiger partial charge < -0.3 is 9.84 Å². The third kappa shape index (κ3) is 3.06. The largest absolute Gasteiger partial charge is 0.360 e. The average molecular weight is 208 g/mol. The van der Waals surface area contributed by atoms with Gasteiger partial charge in [0.05, 0.1) is 12.7 Å². The molecule has 0 bridgehead atoms. The van der Waals surface area contributed by atoms with Crippen molar-refractivity contribution in [3.05, 3.63) is 18.0 Å². The maximum absolute atomic E-state index is 5.05. The normalized spacial score (nSPS) is 21.7. The van der Waals surface area contributed by atoms with E-state index in [1.807, 2.05) is 6.07 Å². The second-order valence-electron chi connectivity index (χ2n) is 5.30. The zero-order chi connectivity index (χ0) is 10.7. The first-order valence-electron chi connectivity index (χ1n) is 5.79. The maximum Gasteiger partial charge on any atom is 0.150 e. The lowest BCUT2D eigenvalue weighted by atomic mass is 9.75. The Morgan fingerprint density at radius 1 is 1.47 bits per heavy atom. The fourth-order valence-electron chi connectivity index (χ4n) is 2.18. The van der Waals surface area contributed by atoms with E-state index in [-0.39, 0.29) is 0 Å². The summed E-state index contributed by atoms with van der Waals surface area (Å²) in [5, 5.41) is 7.22. The molecule has 1 aromatic rings. The van der Waals surface area contributed by atoms with Crippen molar-refractivity contribution in [3.63, 3.8) is 0 Å². The first-order valence-corrected chi connectivity index (χ1v) is 5.79. The Kier molecular flexibility index (Phi) is 3.10. The monoisotopic (exact) mass is 208 g/mol. The fraction of sp³-hybridized carbons (Fsp3) is 0.750. The van der Waals surface area contributed by atoms with Crippen LogP contribution in [0.3, 0.4) is 0 Å². The van der Waals surface area contributed by atoms with Crippen LogP contribution in [0.25, 0.3) is 0 Å². The van der Waals surface area contributed by atoms with Crippen LogP contribution >= 0.6 is 0 Å². The van der Waals surface area contributed by atoms with Gasteiger partial charge >= 0.3 is 0 Å². The van der Waals surface area contributed by atoms with Gasteiger partial charge in [-0.1, -0.05) is 19.0 Å². The fourth-order valence-corrected chi connectivity index (χ4v) is 2.18. The molecule has 0 atom stereocenters. The van der Waals surface area contributed by atoms with Gasteiger partial charge in [-0.05, 0) is 31.1 Å². The lowest BCUT2D eigenvalue weighted by Gasteiger charge is -2.34. The molecule has 0 spiro atoms. The standard InChI is InChI=1S/C12H20N2O/c1-12(2)6-3-10(4-7-12)13-9-11-5-8-14-15-11/h5,8,10,13H,3-4,6-7,9H2,1-2H3. The Morgan fingerprint density at radius 2 is 2.20 bits per heavy atom. The predicted molar refractivity (Wildman–Crippen MR) is 59.4 cm³/mol. The summed E-state index contributed by atoms with van der Waals surface area (Å²) in [5.74, 6) is 0.930. The lowest BCUT2D eigenvalue weighted by molar-refractivity contribution is 0.203. The molecular weight excluding hydrogens is 188 g/mol. The highest BCUT2D eigenvalue weighted by Crippen LogP contribution is 2.34. The Balaban J connectivity index is 1.73. The summed E-state index contributed by atoms with van der Waals surface area (Å²) >= 11 is 0. The number of hydrogen-bond acceptors (Lipinski definition) is 3. The highest BCUT2D eigenvalue weighted by molar-refractivity contribution is 4.93. The minimum Gasteiger partial charge on any atom is -0.360 e. The van der Waals surface area contributed by atoms with Crippen LogP contribution in [0.2, 0.25) is 0 Å². The van der Waals surface area contributed by atoms with Crippen molar-refractivity contribution in [2.24, 2.45) is 5.41 Å². The molecule has 1 saturated carbocycles. The van der Waals surface area contributed by atoms with Crippen molar-refractivity contribution in [2.45, 2.75) is 52.1 Å². The van der Waals surface area contributed by atoms with E-state index in [4.69, 9.17) is 4.52 Å². The van der Waals surface area contributed by atoms with Crippen molar-refractivity contribution >= 4 is 0 Å². The molecule has 84 valence electrons. The van der Waals surface area contributed by atoms with E-state index >= 15 is 0 Å². The lowest BCUT2D eigenvalue weighted by Crippen LogP contribution is -2.35. The first-order chi connectivity index (χ1) is 7.16. The van der Waals surface area contributed by atoms with Crippen LogP contribution in [-0.2, 0) is 6.54 Å². The number of rotatable bonds is 3. The van der Waals surface area contributed by atoms with E-state index in [0.29, 0.717) is 11.5 Å². The number of nitrogens with zero attached hydrogens (tertiary/aromatic N) is 1. The van der Waals surface area contributed by atoms with Gasteiger partial charge in [0, 0.05) is 12.1 Å². The molecule has 1 aliphatic carbocycles. The summed E-state index contributed by atoms with van der Waals surface area (Å²) in [6.07, 6.45) is 6.89. The summed E-state index contributed by atoms with van der Waals surface area (Å²) in [6, 6.07) is 2.57. The number of nitrogens with one attached hydrogen (secondary N) is 1. The molecule has 2 rings (SSSR count). The van der Waals surface area contributed by atoms with Gasteiger partial charge in [0.2, 0.25) is 0 Å². The predicted octanol–water partition coefficient (Wildman–Crippen LogP) is 2.73. The molecule has 0 radical (unpaired) electrons. The third-order valence-corrected chi connectivity index (χ3v) is 3.40. The summed E-state index contributed by atoms with van der Waals surface area (Å²) in [6.45, 7) is 5.53. The van der Waals surface area contributed by atoms with Crippen LogP contribution in [0.5, 0.6) is 0 Å². The molecule has 0 amide bonds. The minimum absolute atomic E-state index is 0.546. The van der Waals surface area contributed by atoms with Gasteiger partial charge in [-0.2, -0.15) is 0 Å². The summed E-state index contributed by atoms with van der Waals surface area (Å²) in [7, 11) is 0. The minimum atomic E-state index is 0.546. The zero-order valence-corrected chi connectivity index (χ0v) is 9.62. The van der Waals surface area contributed by atoms with Crippen LogP contribution in [0, 0.1) is 5.41 Å². The average Bonchev–Trinajstić information content (AvgIpc) is 2.69. The van der Waals surface area contributed by atoms with Crippen LogP contribution < -0.4 is 5.32 Å². The van der Waals surface area contributed by atoms with Crippen LogP contribution in [0.1, 0.15) is 45.3 Å². The molecule has 1 aromatic heterocycles. The Hall–Kier alpha value is -0.830. The van der Waals surface area contributed by atoms with Crippen molar-refractivity contribution in [1.29, 1.82) is 0 Å². The molecule has 0 aromatic carbocycles. The van der Waals surface area contributed by atoms with Gasteiger partial charge in [-0.3, -0.25) is 0 Å². The van der Waals surface area contributed by atoms with Crippen molar-refractivity contribution in [2.75, 3.05) is 0 Å². The second-order valence-corrected chi connectivity index (χ2v) is 5.30. The van der Waals surface area contributed by atoms with Crippen LogP contribution in [-0.4, -0.2) is 11.2 Å². The smallest absolute Gasteiger partial charge is 0.150 e. The van der Waals surface area contributed by atoms with Crippen molar-refractivity contribution in [3.8, 4) is 0 Å². The summed E-state index contributed by atoms with van der Waals surface area (Å²) in [5.41, 5.74) is 0.546. The van der Waals surface area contributed by atoms with Gasteiger partial charge in [0.15, 0.2) is 0 Å². The van der Waals surface area contributed by atoms with Gasteiger partial charge in [0.25, 0.3) is 0 Å². The number of aromatic nitrogens is 1. The topological polar surface area (TPSA) is 38.1 Å². The van der Waals surface area contributed by atoms with E-state index in [2.05, 4.69) is 24.3 Å². The van der Waals surface area contributed by atoms with Crippen molar-refractivity contribution < 1.29 is 4.52 Å². The van der Waals surface area contributed by atoms with E-state index in [9.17, 15) is 0 Å². The summed E-state index contributed by atoms with van der Waals surface area (Å²) in [4.78, 5) is 0. The number of hydrogen-bond donors (Lipinski definition) is 1. The molecule has 3 nitrogen and oxygen atoms in total. The van der Waals surface area contributed by atoms with Crippen LogP contribution in [0.15, 0.2) is 16.8 Å². The van der Waals surface area contributed by atoms with Crippen LogP contribution in [0.4, 0.5) is 0 Å². The summed E-state index contributed by atoms with van der Waals surface area (Å²) < 4.78 is 5.05. The Labute approximate surface area is 91.2 Å². The van der Waals surface area contributed by atoms with Gasteiger partial charge in [-0.15, -0.1) is 0 Å². The molecule has 1 fully saturated rings. The molecule has 0 unspecified atom stereocenters. The molecule has 1 aliphatic rings. The van der Waals surface area contributed by atoms with Crippen molar-refractivity contribution in [1.82, 2.24) is 10.5 Å². The molecule has 1 heterocycles.